The van der Waals surface area contributed by atoms with E-state index in [0.717, 1.165) is 18.5 Å². The number of halogens is 1. The van der Waals surface area contributed by atoms with Crippen molar-refractivity contribution in [3.05, 3.63) is 65.5 Å². The first-order valence-corrected chi connectivity index (χ1v) is 6.42. The molecule has 1 atom stereocenters. The molecule has 0 aliphatic carbocycles. The Hall–Kier alpha value is -1.87. The van der Waals surface area contributed by atoms with E-state index < -0.39 is 5.82 Å². The zero-order valence-electron chi connectivity index (χ0n) is 10.9. The molecule has 0 unspecified atom stereocenters. The van der Waals surface area contributed by atoms with Gasteiger partial charge < -0.3 is 10.4 Å². The minimum Gasteiger partial charge on any atom is -0.505 e. The van der Waals surface area contributed by atoms with Gasteiger partial charge in [-0.1, -0.05) is 36.4 Å². The van der Waals surface area contributed by atoms with Crippen molar-refractivity contribution in [2.45, 2.75) is 19.4 Å². The number of aromatic hydroxyl groups is 1. The molecule has 0 heterocycles. The highest BCUT2D eigenvalue weighted by Gasteiger charge is 2.08. The van der Waals surface area contributed by atoms with Gasteiger partial charge in [-0.05, 0) is 43.1 Å². The normalized spacial score (nSPS) is 12.3. The summed E-state index contributed by atoms with van der Waals surface area (Å²) in [5.41, 5.74) is 2.11. The van der Waals surface area contributed by atoms with Gasteiger partial charge in [0.25, 0.3) is 0 Å². The van der Waals surface area contributed by atoms with Crippen molar-refractivity contribution in [1.82, 2.24) is 5.32 Å². The quantitative estimate of drug-likeness (QED) is 0.862. The van der Waals surface area contributed by atoms with Crippen LogP contribution in [0.25, 0.3) is 0 Å². The molecule has 0 saturated heterocycles. The fraction of sp³-hybridized carbons (Fsp3) is 0.250. The molecule has 0 aliphatic rings. The molecule has 2 aromatic carbocycles. The Balaban J connectivity index is 1.87. The lowest BCUT2D eigenvalue weighted by molar-refractivity contribution is 0.430. The molecule has 0 aromatic heterocycles. The molecule has 2 nitrogen and oxygen atoms in total. The second-order valence-corrected chi connectivity index (χ2v) is 4.62. The van der Waals surface area contributed by atoms with Crippen LogP contribution in [0.4, 0.5) is 4.39 Å². The van der Waals surface area contributed by atoms with Crippen molar-refractivity contribution in [1.29, 1.82) is 0 Å². The number of phenols is 1. The molecular formula is C16H18FNO. The topological polar surface area (TPSA) is 32.3 Å². The highest BCUT2D eigenvalue weighted by atomic mass is 19.1. The molecule has 2 rings (SSSR count). The van der Waals surface area contributed by atoms with E-state index in [2.05, 4.69) is 17.4 Å². The van der Waals surface area contributed by atoms with Gasteiger partial charge in [0, 0.05) is 6.04 Å². The van der Waals surface area contributed by atoms with Crippen LogP contribution >= 0.6 is 0 Å². The van der Waals surface area contributed by atoms with Gasteiger partial charge in [0.15, 0.2) is 11.6 Å². The Labute approximate surface area is 112 Å². The third kappa shape index (κ3) is 3.80. The van der Waals surface area contributed by atoms with Crippen molar-refractivity contribution in [3.63, 3.8) is 0 Å². The van der Waals surface area contributed by atoms with Gasteiger partial charge in [-0.25, -0.2) is 4.39 Å². The van der Waals surface area contributed by atoms with Gasteiger partial charge in [-0.15, -0.1) is 0 Å². The summed E-state index contributed by atoms with van der Waals surface area (Å²) in [5.74, 6) is -0.880. The summed E-state index contributed by atoms with van der Waals surface area (Å²) < 4.78 is 13.2. The Morgan fingerprint density at radius 3 is 2.58 bits per heavy atom. The van der Waals surface area contributed by atoms with Gasteiger partial charge in [0.05, 0.1) is 0 Å². The Kier molecular flexibility index (Phi) is 4.53. The van der Waals surface area contributed by atoms with Crippen LogP contribution in [0.15, 0.2) is 48.5 Å². The highest BCUT2D eigenvalue weighted by Crippen LogP contribution is 2.20. The Bertz CT molecular complexity index is 528. The van der Waals surface area contributed by atoms with Crippen molar-refractivity contribution in [3.8, 4) is 5.75 Å². The summed E-state index contributed by atoms with van der Waals surface area (Å²) in [4.78, 5) is 0. The summed E-state index contributed by atoms with van der Waals surface area (Å²) in [6, 6.07) is 14.8. The van der Waals surface area contributed by atoms with Crippen molar-refractivity contribution in [2.75, 3.05) is 6.54 Å². The third-order valence-electron chi connectivity index (χ3n) is 3.18. The predicted molar refractivity (Wildman–Crippen MR) is 74.6 cm³/mol. The van der Waals surface area contributed by atoms with E-state index in [1.54, 1.807) is 6.07 Å². The largest absolute Gasteiger partial charge is 0.505 e. The molecule has 0 aliphatic heterocycles. The summed E-state index contributed by atoms with van der Waals surface area (Å²) in [7, 11) is 0. The first-order chi connectivity index (χ1) is 9.16. The fourth-order valence-corrected chi connectivity index (χ4v) is 1.99. The first kappa shape index (κ1) is 13.6. The highest BCUT2D eigenvalue weighted by molar-refractivity contribution is 5.29. The van der Waals surface area contributed by atoms with Crippen LogP contribution in [-0.2, 0) is 6.42 Å². The Morgan fingerprint density at radius 1 is 1.16 bits per heavy atom. The van der Waals surface area contributed by atoms with Crippen LogP contribution in [0.2, 0.25) is 0 Å². The third-order valence-corrected chi connectivity index (χ3v) is 3.18. The maximum atomic E-state index is 13.2. The molecule has 0 saturated carbocycles. The summed E-state index contributed by atoms with van der Waals surface area (Å²) in [5, 5.41) is 12.5. The van der Waals surface area contributed by atoms with Crippen molar-refractivity contribution in [2.24, 2.45) is 0 Å². The summed E-state index contributed by atoms with van der Waals surface area (Å²) in [6.45, 7) is 2.81. The molecule has 2 N–H and O–H groups in total. The molecule has 0 bridgehead atoms. The van der Waals surface area contributed by atoms with Crippen LogP contribution in [0.3, 0.4) is 0 Å². The summed E-state index contributed by atoms with van der Waals surface area (Å²) >= 11 is 0. The standard InChI is InChI=1S/C16H18FNO/c1-12(14-7-8-16(19)15(17)11-14)18-10-9-13-5-3-2-4-6-13/h2-8,11-12,18-19H,9-10H2,1H3/t12-/m1/s1. The number of phenolic OH excluding ortho intramolecular Hbond substituents is 1. The number of benzene rings is 2. The monoisotopic (exact) mass is 259 g/mol. The van der Waals surface area contributed by atoms with E-state index in [1.807, 2.05) is 25.1 Å². The van der Waals surface area contributed by atoms with Crippen LogP contribution in [0.1, 0.15) is 24.1 Å². The van der Waals surface area contributed by atoms with Gasteiger partial charge >= 0.3 is 0 Å². The lowest BCUT2D eigenvalue weighted by Gasteiger charge is -2.14. The molecule has 19 heavy (non-hydrogen) atoms. The maximum Gasteiger partial charge on any atom is 0.165 e. The summed E-state index contributed by atoms with van der Waals surface area (Å²) in [6.07, 6.45) is 0.936. The van der Waals surface area contributed by atoms with Crippen molar-refractivity contribution < 1.29 is 9.50 Å². The van der Waals surface area contributed by atoms with E-state index in [0.29, 0.717) is 0 Å². The molecule has 2 aromatic rings. The van der Waals surface area contributed by atoms with E-state index in [4.69, 9.17) is 5.11 Å². The minimum absolute atomic E-state index is 0.0545. The average Bonchev–Trinajstić information content (AvgIpc) is 2.43. The van der Waals surface area contributed by atoms with Crippen LogP contribution in [0, 0.1) is 5.82 Å². The maximum absolute atomic E-state index is 13.2. The molecule has 0 fully saturated rings. The lowest BCUT2D eigenvalue weighted by atomic mass is 10.1. The van der Waals surface area contributed by atoms with Gasteiger partial charge in [-0.3, -0.25) is 0 Å². The molecule has 0 spiro atoms. The number of hydrogen-bond acceptors (Lipinski definition) is 2. The lowest BCUT2D eigenvalue weighted by Crippen LogP contribution is -2.21. The van der Waals surface area contributed by atoms with Gasteiger partial charge in [0.1, 0.15) is 0 Å². The molecule has 0 amide bonds. The molecule has 3 heteroatoms. The molecular weight excluding hydrogens is 241 g/mol. The first-order valence-electron chi connectivity index (χ1n) is 6.42. The minimum atomic E-state index is -0.575. The van der Waals surface area contributed by atoms with Gasteiger partial charge in [-0.2, -0.15) is 0 Å². The second-order valence-electron chi connectivity index (χ2n) is 4.62. The zero-order valence-corrected chi connectivity index (χ0v) is 10.9. The Morgan fingerprint density at radius 2 is 1.89 bits per heavy atom. The van der Waals surface area contributed by atoms with Crippen LogP contribution < -0.4 is 5.32 Å². The van der Waals surface area contributed by atoms with E-state index in [1.165, 1.54) is 17.7 Å². The predicted octanol–water partition coefficient (Wildman–Crippen LogP) is 3.42. The van der Waals surface area contributed by atoms with Crippen molar-refractivity contribution >= 4 is 0 Å². The average molecular weight is 259 g/mol. The molecule has 0 radical (unpaired) electrons. The number of rotatable bonds is 5. The number of nitrogens with one attached hydrogen (secondary N) is 1. The SMILES string of the molecule is C[C@@H](NCCc1ccccc1)c1ccc(O)c(F)c1. The smallest absolute Gasteiger partial charge is 0.165 e. The second kappa shape index (κ2) is 6.34. The van der Waals surface area contributed by atoms with Gasteiger partial charge in [0.2, 0.25) is 0 Å². The fourth-order valence-electron chi connectivity index (χ4n) is 1.99. The van der Waals surface area contributed by atoms with E-state index in [9.17, 15) is 4.39 Å². The van der Waals surface area contributed by atoms with E-state index in [-0.39, 0.29) is 11.8 Å². The van der Waals surface area contributed by atoms with Crippen LogP contribution in [0.5, 0.6) is 5.75 Å². The van der Waals surface area contributed by atoms with E-state index >= 15 is 0 Å². The molecule has 100 valence electrons. The number of hydrogen-bond donors (Lipinski definition) is 2. The van der Waals surface area contributed by atoms with Crippen LogP contribution in [-0.4, -0.2) is 11.7 Å². The zero-order chi connectivity index (χ0) is 13.7.